The van der Waals surface area contributed by atoms with Crippen LogP contribution in [0.4, 0.5) is 0 Å². The summed E-state index contributed by atoms with van der Waals surface area (Å²) in [6, 6.07) is 20.0. The van der Waals surface area contributed by atoms with Crippen molar-refractivity contribution < 1.29 is 38.4 Å². The Bertz CT molecular complexity index is 2210. The zero-order valence-electron chi connectivity index (χ0n) is 43.8. The summed E-state index contributed by atoms with van der Waals surface area (Å²) in [4.78, 5) is 115. The molecule has 2 aliphatic heterocycles. The fourth-order valence-electron chi connectivity index (χ4n) is 9.56. The molecule has 2 fully saturated rings. The number of nitrogens with zero attached hydrogens (tertiary/aromatic N) is 2. The molecule has 6 N–H and O–H groups in total. The lowest BCUT2D eigenvalue weighted by Gasteiger charge is -2.32. The van der Waals surface area contributed by atoms with Crippen LogP contribution in [0.1, 0.15) is 138 Å². The number of carbonyl (C=O) groups excluding carboxylic acids is 8. The van der Waals surface area contributed by atoms with Crippen molar-refractivity contribution in [2.75, 3.05) is 27.2 Å². The van der Waals surface area contributed by atoms with Gasteiger partial charge in [0, 0.05) is 37.1 Å². The monoisotopic (exact) mass is 991 g/mol. The zero-order chi connectivity index (χ0) is 52.8. The van der Waals surface area contributed by atoms with Crippen LogP contribution in [-0.2, 0) is 28.8 Å². The average molecular weight is 991 g/mol. The molecule has 390 valence electrons. The van der Waals surface area contributed by atoms with Crippen molar-refractivity contribution in [3.8, 4) is 0 Å². The van der Waals surface area contributed by atoms with Gasteiger partial charge in [-0.05, 0) is 95.5 Å². The Hall–Kier alpha value is -6.26. The molecule has 2 unspecified atom stereocenters. The molecular weight excluding hydrogens is 913 g/mol. The first-order valence-corrected chi connectivity index (χ1v) is 25.7. The molecule has 0 bridgehead atoms. The van der Waals surface area contributed by atoms with Gasteiger partial charge in [-0.15, -0.1) is 0 Å². The van der Waals surface area contributed by atoms with Gasteiger partial charge < -0.3 is 41.7 Å². The van der Waals surface area contributed by atoms with E-state index in [1.807, 2.05) is 102 Å². The lowest BCUT2D eigenvalue weighted by Crippen LogP contribution is -2.57. The maximum absolute atomic E-state index is 14.5. The smallest absolute Gasteiger partial charge is 0.246 e. The van der Waals surface area contributed by atoms with E-state index in [2.05, 4.69) is 31.9 Å². The molecule has 0 aromatic heterocycles. The maximum atomic E-state index is 14.5. The maximum Gasteiger partial charge on any atom is 0.246 e. The Morgan fingerprint density at radius 2 is 0.875 bits per heavy atom. The molecule has 3 aromatic carbocycles. The van der Waals surface area contributed by atoms with Crippen LogP contribution in [0.15, 0.2) is 84.9 Å². The largest absolute Gasteiger partial charge is 0.348 e. The molecule has 3 aromatic rings. The van der Waals surface area contributed by atoms with E-state index in [1.54, 1.807) is 52.2 Å². The van der Waals surface area contributed by atoms with Crippen molar-refractivity contribution in [1.82, 2.24) is 41.7 Å². The van der Waals surface area contributed by atoms with Gasteiger partial charge in [-0.25, -0.2) is 0 Å². The van der Waals surface area contributed by atoms with E-state index >= 15 is 0 Å². The first kappa shape index (κ1) is 56.7. The summed E-state index contributed by atoms with van der Waals surface area (Å²) in [5, 5.41) is 17.8. The number of nitrogens with one attached hydrogen (secondary N) is 6. The SMILES string of the molecule is CC[C@H](C)C(NC(=O)[C@H](C)NC)C(=O)N1C[C@@H](CC(=O)c2cccc(C(=O)C[C@H]3C[C@@H](C(=O)N[C@H](C)c4ccccc4)N(C(=O)C(NC(=O)[C@H](C)NC)[C@@H](C)CC)C3)c2)C[C@H]1C(=O)N[C@H](C)c1ccccc1. The van der Waals surface area contributed by atoms with Crippen molar-refractivity contribution in [2.24, 2.45) is 23.7 Å². The summed E-state index contributed by atoms with van der Waals surface area (Å²) in [5.74, 6) is -4.03. The molecule has 0 saturated carbocycles. The van der Waals surface area contributed by atoms with E-state index in [1.165, 1.54) is 9.80 Å². The topological polar surface area (TPSA) is 215 Å². The first-order chi connectivity index (χ1) is 34.3. The Morgan fingerprint density at radius 1 is 0.514 bits per heavy atom. The third-order valence-corrected chi connectivity index (χ3v) is 14.9. The number of likely N-dealkylation sites (N-methyl/N-ethyl adjacent to an activating group) is 2. The minimum Gasteiger partial charge on any atom is -0.348 e. The van der Waals surface area contributed by atoms with Gasteiger partial charge in [0.15, 0.2) is 11.6 Å². The molecule has 12 atom stereocenters. The number of carbonyl (C=O) groups is 8. The molecule has 0 spiro atoms. The Labute approximate surface area is 426 Å². The minimum absolute atomic E-state index is 0.00450. The quantitative estimate of drug-likeness (QED) is 0.0638. The second kappa shape index (κ2) is 26.4. The standard InChI is InChI=1S/C56H78N8O8/c1-11-33(3)49(61-51(67)37(7)57-9)55(71)63-31-39(26-45(63)53(69)59-35(5)41-20-15-13-16-21-41)28-47(65)43-24-19-25-44(30-43)48(66)29-40-27-46(54(70)60-36(6)42-22-17-14-18-23-42)64(32-40)56(72)50(34(4)12-2)62-52(68)38(8)58-10/h13-25,30,33-40,45-46,49-50,57-58H,11-12,26-29,31-32H2,1-10H3,(H,59,69)(H,60,70)(H,61,67)(H,62,68)/t33-,34-,35+,36+,37-,38-,39+,40+,45-,46-,49?,50?/m0/s1. The average Bonchev–Trinajstić information content (AvgIpc) is 4.03. The summed E-state index contributed by atoms with van der Waals surface area (Å²) < 4.78 is 0. The third kappa shape index (κ3) is 14.5. The van der Waals surface area contributed by atoms with E-state index in [0.717, 1.165) is 11.1 Å². The van der Waals surface area contributed by atoms with Gasteiger partial charge in [-0.1, -0.05) is 119 Å². The van der Waals surface area contributed by atoms with Gasteiger partial charge in [-0.2, -0.15) is 0 Å². The molecule has 6 amide bonds. The first-order valence-electron chi connectivity index (χ1n) is 25.7. The van der Waals surface area contributed by atoms with Gasteiger partial charge in [-0.3, -0.25) is 38.4 Å². The number of hydrogen-bond donors (Lipinski definition) is 6. The van der Waals surface area contributed by atoms with Crippen LogP contribution < -0.4 is 31.9 Å². The molecule has 16 nitrogen and oxygen atoms in total. The molecule has 5 rings (SSSR count). The molecule has 2 heterocycles. The highest BCUT2D eigenvalue weighted by molar-refractivity contribution is 6.02. The van der Waals surface area contributed by atoms with Crippen LogP contribution >= 0.6 is 0 Å². The lowest BCUT2D eigenvalue weighted by atomic mass is 9.92. The van der Waals surface area contributed by atoms with Gasteiger partial charge in [0.25, 0.3) is 0 Å². The highest BCUT2D eigenvalue weighted by atomic mass is 16.2. The normalized spacial score (nSPS) is 21.0. The molecule has 2 saturated heterocycles. The Kier molecular flexibility index (Phi) is 20.8. The van der Waals surface area contributed by atoms with Crippen LogP contribution in [0.2, 0.25) is 0 Å². The van der Waals surface area contributed by atoms with Crippen molar-refractivity contribution in [3.63, 3.8) is 0 Å². The van der Waals surface area contributed by atoms with E-state index in [-0.39, 0.29) is 97.9 Å². The van der Waals surface area contributed by atoms with Crippen LogP contribution in [0, 0.1) is 23.7 Å². The molecule has 0 radical (unpaired) electrons. The van der Waals surface area contributed by atoms with E-state index in [0.29, 0.717) is 24.0 Å². The lowest BCUT2D eigenvalue weighted by molar-refractivity contribution is -0.143. The Balaban J connectivity index is 1.35. The van der Waals surface area contributed by atoms with Gasteiger partial charge in [0.05, 0.1) is 24.2 Å². The van der Waals surface area contributed by atoms with Crippen LogP contribution in [0.25, 0.3) is 0 Å². The van der Waals surface area contributed by atoms with E-state index in [4.69, 9.17) is 0 Å². The van der Waals surface area contributed by atoms with Crippen LogP contribution in [0.3, 0.4) is 0 Å². The second-order valence-corrected chi connectivity index (χ2v) is 20.1. The van der Waals surface area contributed by atoms with Gasteiger partial charge in [0.1, 0.15) is 24.2 Å². The number of likely N-dealkylation sites (tertiary alicyclic amines) is 2. The summed E-state index contributed by atoms with van der Waals surface area (Å²) in [6.45, 7) is 15.0. The number of ketones is 2. The highest BCUT2D eigenvalue weighted by Gasteiger charge is 2.46. The second-order valence-electron chi connectivity index (χ2n) is 20.1. The number of hydrogen-bond acceptors (Lipinski definition) is 10. The van der Waals surface area contributed by atoms with Crippen LogP contribution in [0.5, 0.6) is 0 Å². The summed E-state index contributed by atoms with van der Waals surface area (Å²) in [6.07, 6.45) is 1.60. The fourth-order valence-corrected chi connectivity index (χ4v) is 9.56. The predicted octanol–water partition coefficient (Wildman–Crippen LogP) is 5.30. The van der Waals surface area contributed by atoms with Crippen molar-refractivity contribution in [2.45, 2.75) is 142 Å². The van der Waals surface area contributed by atoms with Gasteiger partial charge in [0.2, 0.25) is 35.4 Å². The zero-order valence-corrected chi connectivity index (χ0v) is 43.8. The molecule has 2 aliphatic rings. The summed E-state index contributed by atoms with van der Waals surface area (Å²) in [7, 11) is 3.32. The van der Waals surface area contributed by atoms with Crippen molar-refractivity contribution >= 4 is 47.0 Å². The molecular formula is C56H78N8O8. The van der Waals surface area contributed by atoms with E-state index in [9.17, 15) is 38.4 Å². The molecule has 0 aliphatic carbocycles. The minimum atomic E-state index is -0.904. The molecule has 72 heavy (non-hydrogen) atoms. The third-order valence-electron chi connectivity index (χ3n) is 14.9. The van der Waals surface area contributed by atoms with E-state index < -0.39 is 59.9 Å². The number of benzene rings is 3. The molecule has 16 heteroatoms. The predicted molar refractivity (Wildman–Crippen MR) is 277 cm³/mol. The summed E-state index contributed by atoms with van der Waals surface area (Å²) in [5.41, 5.74) is 2.38. The number of rotatable bonds is 24. The number of Topliss-reactive ketones (excluding diaryl/α,β-unsaturated/α-hetero) is 2. The Morgan fingerprint density at radius 3 is 1.21 bits per heavy atom. The highest BCUT2D eigenvalue weighted by Crippen LogP contribution is 2.32. The summed E-state index contributed by atoms with van der Waals surface area (Å²) >= 11 is 0. The fraction of sp³-hybridized carbons (Fsp3) is 0.536. The van der Waals surface area contributed by atoms with Crippen molar-refractivity contribution in [3.05, 3.63) is 107 Å². The van der Waals surface area contributed by atoms with Crippen LogP contribution in [-0.4, -0.2) is 120 Å². The number of amides is 6. The van der Waals surface area contributed by atoms with Gasteiger partial charge >= 0.3 is 0 Å². The van der Waals surface area contributed by atoms with Crippen molar-refractivity contribution in [1.29, 1.82) is 0 Å².